The summed E-state index contributed by atoms with van der Waals surface area (Å²) in [6.07, 6.45) is 5.40. The molecule has 4 nitrogen and oxygen atoms in total. The number of carbonyl (C=O) groups excluding carboxylic acids is 1. The summed E-state index contributed by atoms with van der Waals surface area (Å²) in [5.41, 5.74) is 1.48. The number of nitrogens with zero attached hydrogens (tertiary/aromatic N) is 2. The molecule has 0 bridgehead atoms. The zero-order chi connectivity index (χ0) is 13.5. The van der Waals surface area contributed by atoms with Gasteiger partial charge in [0.25, 0.3) is 5.91 Å². The maximum atomic E-state index is 12.4. The average molecular weight is 267 g/mol. The minimum Gasteiger partial charge on any atom is -0.383 e. The van der Waals surface area contributed by atoms with E-state index in [1.54, 1.807) is 35.1 Å². The van der Waals surface area contributed by atoms with Gasteiger partial charge in [0.2, 0.25) is 0 Å². The van der Waals surface area contributed by atoms with E-state index in [2.05, 4.69) is 17.2 Å². The SMILES string of the molecule is CCNc1cnccc1C(=O)N(C)C(C)CSC. The number of amides is 1. The van der Waals surface area contributed by atoms with Crippen molar-refractivity contribution in [3.63, 3.8) is 0 Å². The molecule has 0 aromatic carbocycles. The number of thioether (sulfide) groups is 1. The van der Waals surface area contributed by atoms with Gasteiger partial charge in [0.15, 0.2) is 0 Å². The highest BCUT2D eigenvalue weighted by molar-refractivity contribution is 7.98. The lowest BCUT2D eigenvalue weighted by molar-refractivity contribution is 0.0758. The maximum Gasteiger partial charge on any atom is 0.256 e. The zero-order valence-electron chi connectivity index (χ0n) is 11.4. The summed E-state index contributed by atoms with van der Waals surface area (Å²) < 4.78 is 0. The number of hydrogen-bond donors (Lipinski definition) is 1. The van der Waals surface area contributed by atoms with E-state index in [0.29, 0.717) is 5.56 Å². The molecule has 0 radical (unpaired) electrons. The largest absolute Gasteiger partial charge is 0.383 e. The lowest BCUT2D eigenvalue weighted by atomic mass is 10.2. The van der Waals surface area contributed by atoms with Crippen molar-refractivity contribution >= 4 is 23.4 Å². The number of anilines is 1. The number of rotatable bonds is 6. The van der Waals surface area contributed by atoms with Gasteiger partial charge in [-0.3, -0.25) is 9.78 Å². The standard InChI is InChI=1S/C13H21N3OS/c1-5-15-12-8-14-7-6-11(12)13(17)16(3)10(2)9-18-4/h6-8,10,15H,5,9H2,1-4H3. The van der Waals surface area contributed by atoms with Crippen molar-refractivity contribution in [3.8, 4) is 0 Å². The molecule has 18 heavy (non-hydrogen) atoms. The number of hydrogen-bond acceptors (Lipinski definition) is 4. The van der Waals surface area contributed by atoms with Crippen LogP contribution in [0.5, 0.6) is 0 Å². The Bertz CT molecular complexity index is 398. The van der Waals surface area contributed by atoms with Crippen LogP contribution < -0.4 is 5.32 Å². The third-order valence-electron chi connectivity index (χ3n) is 2.81. The Morgan fingerprint density at radius 2 is 2.33 bits per heavy atom. The Labute approximate surface area is 113 Å². The van der Waals surface area contributed by atoms with Crippen molar-refractivity contribution in [2.45, 2.75) is 19.9 Å². The Kier molecular flexibility index (Phi) is 5.98. The molecule has 5 heteroatoms. The molecule has 0 saturated carbocycles. The molecule has 1 heterocycles. The summed E-state index contributed by atoms with van der Waals surface area (Å²) in [5.74, 6) is 0.971. The van der Waals surface area contributed by atoms with E-state index in [4.69, 9.17) is 0 Å². The Balaban J connectivity index is 2.89. The first kappa shape index (κ1) is 14.8. The lowest BCUT2D eigenvalue weighted by Gasteiger charge is -2.25. The fourth-order valence-electron chi connectivity index (χ4n) is 1.66. The van der Waals surface area contributed by atoms with E-state index in [1.807, 2.05) is 20.2 Å². The van der Waals surface area contributed by atoms with Crippen LogP contribution in [0.25, 0.3) is 0 Å². The van der Waals surface area contributed by atoms with E-state index in [0.717, 1.165) is 18.0 Å². The van der Waals surface area contributed by atoms with Crippen LogP contribution in [0.2, 0.25) is 0 Å². The lowest BCUT2D eigenvalue weighted by Crippen LogP contribution is -2.37. The molecule has 1 N–H and O–H groups in total. The highest BCUT2D eigenvalue weighted by Gasteiger charge is 2.19. The fourth-order valence-corrected chi connectivity index (χ4v) is 2.36. The monoisotopic (exact) mass is 267 g/mol. The molecular weight excluding hydrogens is 246 g/mol. The second-order valence-electron chi connectivity index (χ2n) is 4.17. The van der Waals surface area contributed by atoms with Gasteiger partial charge in [-0.25, -0.2) is 0 Å². The van der Waals surface area contributed by atoms with E-state index in [9.17, 15) is 4.79 Å². The molecular formula is C13H21N3OS. The van der Waals surface area contributed by atoms with Crippen molar-refractivity contribution in [2.24, 2.45) is 0 Å². The molecule has 0 fully saturated rings. The van der Waals surface area contributed by atoms with Crippen molar-refractivity contribution in [3.05, 3.63) is 24.0 Å². The Morgan fingerprint density at radius 3 is 2.94 bits per heavy atom. The van der Waals surface area contributed by atoms with Gasteiger partial charge < -0.3 is 10.2 Å². The topological polar surface area (TPSA) is 45.2 Å². The van der Waals surface area contributed by atoms with E-state index < -0.39 is 0 Å². The van der Waals surface area contributed by atoms with E-state index in [-0.39, 0.29) is 11.9 Å². The quantitative estimate of drug-likeness (QED) is 0.859. The highest BCUT2D eigenvalue weighted by Crippen LogP contribution is 2.17. The molecule has 1 atom stereocenters. The molecule has 0 saturated heterocycles. The summed E-state index contributed by atoms with van der Waals surface area (Å²) in [4.78, 5) is 18.2. The van der Waals surface area contributed by atoms with Crippen LogP contribution in [-0.4, -0.2) is 47.4 Å². The fraction of sp³-hybridized carbons (Fsp3) is 0.538. The van der Waals surface area contributed by atoms with Crippen LogP contribution in [0, 0.1) is 0 Å². The summed E-state index contributed by atoms with van der Waals surface area (Å²) in [7, 11) is 1.85. The molecule has 0 aliphatic rings. The van der Waals surface area contributed by atoms with Gasteiger partial charge in [0, 0.05) is 31.6 Å². The zero-order valence-corrected chi connectivity index (χ0v) is 12.3. The number of carbonyl (C=O) groups is 1. The molecule has 1 amide bonds. The van der Waals surface area contributed by atoms with Gasteiger partial charge >= 0.3 is 0 Å². The predicted octanol–water partition coefficient (Wildman–Crippen LogP) is 2.34. The number of pyridine rings is 1. The van der Waals surface area contributed by atoms with Crippen LogP contribution >= 0.6 is 11.8 Å². The normalized spacial score (nSPS) is 12.0. The van der Waals surface area contributed by atoms with Gasteiger partial charge in [-0.2, -0.15) is 11.8 Å². The molecule has 0 aliphatic heterocycles. The first-order valence-electron chi connectivity index (χ1n) is 6.05. The molecule has 1 rings (SSSR count). The molecule has 1 aromatic rings. The average Bonchev–Trinajstić information content (AvgIpc) is 2.38. The van der Waals surface area contributed by atoms with Gasteiger partial charge in [-0.15, -0.1) is 0 Å². The molecule has 100 valence electrons. The third-order valence-corrected chi connectivity index (χ3v) is 3.62. The molecule has 1 aromatic heterocycles. The molecule has 1 unspecified atom stereocenters. The highest BCUT2D eigenvalue weighted by atomic mass is 32.2. The number of aromatic nitrogens is 1. The smallest absolute Gasteiger partial charge is 0.256 e. The minimum atomic E-state index is 0.0369. The Hall–Kier alpha value is -1.23. The second kappa shape index (κ2) is 7.26. The van der Waals surface area contributed by atoms with Crippen LogP contribution in [0.4, 0.5) is 5.69 Å². The van der Waals surface area contributed by atoms with Gasteiger partial charge in [-0.05, 0) is 26.2 Å². The van der Waals surface area contributed by atoms with Crippen LogP contribution in [0.15, 0.2) is 18.5 Å². The van der Waals surface area contributed by atoms with E-state index in [1.165, 1.54) is 0 Å². The first-order valence-corrected chi connectivity index (χ1v) is 7.45. The summed E-state index contributed by atoms with van der Waals surface area (Å²) in [6, 6.07) is 1.98. The van der Waals surface area contributed by atoms with Crippen LogP contribution in [-0.2, 0) is 0 Å². The van der Waals surface area contributed by atoms with Crippen molar-refractivity contribution in [1.82, 2.24) is 9.88 Å². The molecule has 0 spiro atoms. The molecule has 0 aliphatic carbocycles. The minimum absolute atomic E-state index is 0.0369. The first-order chi connectivity index (χ1) is 8.61. The van der Waals surface area contributed by atoms with Crippen molar-refractivity contribution < 1.29 is 4.79 Å². The summed E-state index contributed by atoms with van der Waals surface area (Å²) >= 11 is 1.74. The van der Waals surface area contributed by atoms with Crippen LogP contribution in [0.1, 0.15) is 24.2 Å². The predicted molar refractivity (Wildman–Crippen MR) is 78.3 cm³/mol. The van der Waals surface area contributed by atoms with Crippen molar-refractivity contribution in [2.75, 3.05) is 30.9 Å². The second-order valence-corrected chi connectivity index (χ2v) is 5.08. The summed E-state index contributed by atoms with van der Waals surface area (Å²) in [5, 5.41) is 3.17. The third kappa shape index (κ3) is 3.63. The maximum absolute atomic E-state index is 12.4. The van der Waals surface area contributed by atoms with Gasteiger partial charge in [0.05, 0.1) is 17.4 Å². The van der Waals surface area contributed by atoms with Gasteiger partial charge in [0.1, 0.15) is 0 Å². The van der Waals surface area contributed by atoms with Crippen LogP contribution in [0.3, 0.4) is 0 Å². The number of nitrogens with one attached hydrogen (secondary N) is 1. The summed E-state index contributed by atoms with van der Waals surface area (Å²) in [6.45, 7) is 4.83. The Morgan fingerprint density at radius 1 is 1.61 bits per heavy atom. The van der Waals surface area contributed by atoms with Gasteiger partial charge in [-0.1, -0.05) is 0 Å². The van der Waals surface area contributed by atoms with Crippen molar-refractivity contribution in [1.29, 1.82) is 0 Å². The van der Waals surface area contributed by atoms with E-state index >= 15 is 0 Å².